The van der Waals surface area contributed by atoms with Crippen molar-refractivity contribution >= 4 is 47.0 Å². The van der Waals surface area contributed by atoms with Crippen molar-refractivity contribution in [2.24, 2.45) is 0 Å². The van der Waals surface area contributed by atoms with Crippen LogP contribution in [0.5, 0.6) is 0 Å². The molecule has 14 nitrogen and oxygen atoms in total. The van der Waals surface area contributed by atoms with E-state index in [1.807, 2.05) is 0 Å². The van der Waals surface area contributed by atoms with Crippen molar-refractivity contribution in [1.29, 1.82) is 0 Å². The maximum atomic E-state index is 12.1. The predicted octanol–water partition coefficient (Wildman–Crippen LogP) is -9.04. The largest absolute Gasteiger partial charge is 1.00 e. The summed E-state index contributed by atoms with van der Waals surface area (Å²) < 4.78 is 0. The van der Waals surface area contributed by atoms with Crippen LogP contribution in [0.1, 0.15) is 23.2 Å². The summed E-state index contributed by atoms with van der Waals surface area (Å²) in [6.45, 7) is 0. The van der Waals surface area contributed by atoms with Gasteiger partial charge in [-0.05, 0) is 37.1 Å². The van der Waals surface area contributed by atoms with Gasteiger partial charge in [-0.2, -0.15) is 4.98 Å². The van der Waals surface area contributed by atoms with Gasteiger partial charge in [0.2, 0.25) is 5.95 Å². The molecule has 16 heteroatoms. The van der Waals surface area contributed by atoms with Crippen molar-refractivity contribution in [3.63, 3.8) is 0 Å². The Balaban J connectivity index is 0.00000512. The maximum absolute atomic E-state index is 12.1. The van der Waals surface area contributed by atoms with Gasteiger partial charge in [0, 0.05) is 17.2 Å². The van der Waals surface area contributed by atoms with E-state index in [2.05, 4.69) is 25.9 Å². The first kappa shape index (κ1) is 30.4. The number of carbonyl (C=O) groups is 4. The predicted molar refractivity (Wildman–Crippen MR) is 103 cm³/mol. The summed E-state index contributed by atoms with van der Waals surface area (Å²) in [7, 11) is 0. The fraction of sp³-hybridized carbons (Fsp3) is 0.176. The van der Waals surface area contributed by atoms with Crippen LogP contribution >= 0.6 is 0 Å². The Kier molecular flexibility index (Phi) is 12.7. The van der Waals surface area contributed by atoms with Crippen molar-refractivity contribution in [2.75, 3.05) is 22.1 Å². The summed E-state index contributed by atoms with van der Waals surface area (Å²) in [6.07, 6.45) is -0.980. The SMILES string of the molecule is Nc1nc(N)c(NC(=O)Nc2ccc(C(=O)N[C@@H](CCC(=O)[O-])C(=O)[O-])cc2)c(=O)[nH]1.[Na+].[Na+]. The van der Waals surface area contributed by atoms with Gasteiger partial charge in [-0.25, -0.2) is 4.79 Å². The molecule has 1 aromatic heterocycles. The molecule has 0 unspecified atom stereocenters. The first-order valence-corrected chi connectivity index (χ1v) is 8.61. The van der Waals surface area contributed by atoms with Crippen LogP contribution in [0.2, 0.25) is 0 Å². The van der Waals surface area contributed by atoms with E-state index in [0.29, 0.717) is 0 Å². The zero-order valence-electron chi connectivity index (χ0n) is 17.8. The summed E-state index contributed by atoms with van der Waals surface area (Å²) in [5.41, 5.74) is 10.1. The molecule has 0 radical (unpaired) electrons. The average Bonchev–Trinajstić information content (AvgIpc) is 2.68. The fourth-order valence-corrected chi connectivity index (χ4v) is 2.36. The van der Waals surface area contributed by atoms with Crippen molar-refractivity contribution in [1.82, 2.24) is 15.3 Å². The molecule has 8 N–H and O–H groups in total. The van der Waals surface area contributed by atoms with Crippen molar-refractivity contribution < 1.29 is 88.5 Å². The summed E-state index contributed by atoms with van der Waals surface area (Å²) in [5.74, 6) is -4.41. The minimum Gasteiger partial charge on any atom is -0.550 e. The van der Waals surface area contributed by atoms with Crippen molar-refractivity contribution in [2.45, 2.75) is 18.9 Å². The first-order valence-electron chi connectivity index (χ1n) is 8.61. The van der Waals surface area contributed by atoms with Crippen LogP contribution in [-0.2, 0) is 9.59 Å². The minimum atomic E-state index is -1.64. The molecule has 0 aliphatic rings. The fourth-order valence-electron chi connectivity index (χ4n) is 2.36. The molecule has 1 heterocycles. The van der Waals surface area contributed by atoms with E-state index in [-0.39, 0.29) is 87.8 Å². The quantitative estimate of drug-likeness (QED) is 0.196. The third-order valence-electron chi connectivity index (χ3n) is 3.84. The van der Waals surface area contributed by atoms with Crippen molar-refractivity contribution in [3.05, 3.63) is 40.2 Å². The Hall–Kier alpha value is -2.62. The Morgan fingerprint density at radius 1 is 1.03 bits per heavy atom. The standard InChI is InChI=1S/C17H19N7O7.2Na/c18-12-11(14(28)24-16(19)23-12)22-17(31)20-8-3-1-7(2-4-8)13(27)21-9(15(29)30)5-6-10(25)26;;/h1-4,9H,5-6H2,(H,21,27)(H,25,26)(H,29,30)(H2,20,22,31)(H5,18,19,23,24,28);;/q;2*+1/p-2/t9-;;/m0../s1. The Labute approximate surface area is 230 Å². The van der Waals surface area contributed by atoms with E-state index in [4.69, 9.17) is 11.5 Å². The molecule has 0 spiro atoms. The second kappa shape index (κ2) is 13.8. The number of nitrogen functional groups attached to an aromatic ring is 2. The number of hydrogen-bond donors (Lipinski definition) is 6. The second-order valence-corrected chi connectivity index (χ2v) is 6.12. The number of carbonyl (C=O) groups excluding carboxylic acids is 4. The Morgan fingerprint density at radius 3 is 2.15 bits per heavy atom. The number of H-pyrrole nitrogens is 1. The normalized spacial score (nSPS) is 10.5. The maximum Gasteiger partial charge on any atom is 1.00 e. The monoisotopic (exact) mass is 477 g/mol. The Bertz CT molecular complexity index is 1080. The van der Waals surface area contributed by atoms with Gasteiger partial charge in [0.1, 0.15) is 0 Å². The molecule has 0 saturated carbocycles. The van der Waals surface area contributed by atoms with E-state index in [1.54, 1.807) is 0 Å². The van der Waals surface area contributed by atoms with Crippen molar-refractivity contribution in [3.8, 4) is 0 Å². The van der Waals surface area contributed by atoms with Crippen LogP contribution in [0.4, 0.5) is 27.9 Å². The minimum absolute atomic E-state index is 0. The van der Waals surface area contributed by atoms with E-state index in [1.165, 1.54) is 24.3 Å². The number of aromatic amines is 1. The molecule has 3 amide bonds. The van der Waals surface area contributed by atoms with Crippen LogP contribution in [-0.4, -0.2) is 39.9 Å². The number of anilines is 4. The molecular formula is C17H17N7Na2O7. The van der Waals surface area contributed by atoms with E-state index >= 15 is 0 Å². The number of nitrogens with zero attached hydrogens (tertiary/aromatic N) is 1. The number of amides is 3. The van der Waals surface area contributed by atoms with E-state index in [9.17, 15) is 34.2 Å². The topological polar surface area (TPSA) is 248 Å². The van der Waals surface area contributed by atoms with Crippen LogP contribution in [0, 0.1) is 0 Å². The van der Waals surface area contributed by atoms with Gasteiger partial charge in [0.15, 0.2) is 11.5 Å². The molecule has 1 aromatic carbocycles. The molecule has 164 valence electrons. The number of hydrogen-bond acceptors (Lipinski definition) is 10. The second-order valence-electron chi connectivity index (χ2n) is 6.12. The van der Waals surface area contributed by atoms with Gasteiger partial charge in [-0.1, -0.05) is 0 Å². The number of aliphatic carboxylic acids is 2. The molecule has 1 atom stereocenters. The number of aromatic nitrogens is 2. The van der Waals surface area contributed by atoms with Gasteiger partial charge in [-0.15, -0.1) is 0 Å². The van der Waals surface area contributed by atoms with E-state index in [0.717, 1.165) is 0 Å². The smallest absolute Gasteiger partial charge is 0.550 e. The zero-order valence-corrected chi connectivity index (χ0v) is 21.8. The summed E-state index contributed by atoms with van der Waals surface area (Å²) in [5, 5.41) is 28.2. The number of nitrogens with two attached hydrogens (primary N) is 2. The molecule has 0 saturated heterocycles. The molecule has 2 rings (SSSR count). The molecule has 2 aromatic rings. The first-order chi connectivity index (χ1) is 14.6. The van der Waals surface area contributed by atoms with E-state index < -0.39 is 48.3 Å². The number of carboxylic acids is 2. The third kappa shape index (κ3) is 9.41. The molecule has 0 bridgehead atoms. The molecule has 0 fully saturated rings. The number of rotatable bonds is 8. The number of carboxylic acid groups (broad SMARTS) is 2. The van der Waals surface area contributed by atoms with Crippen LogP contribution in [0.3, 0.4) is 0 Å². The van der Waals surface area contributed by atoms with Gasteiger partial charge < -0.3 is 41.9 Å². The number of nitrogens with one attached hydrogen (secondary N) is 4. The molecule has 0 aliphatic heterocycles. The van der Waals surface area contributed by atoms with Gasteiger partial charge in [-0.3, -0.25) is 19.9 Å². The number of benzene rings is 1. The zero-order chi connectivity index (χ0) is 23.1. The summed E-state index contributed by atoms with van der Waals surface area (Å²) in [6, 6.07) is 2.87. The van der Waals surface area contributed by atoms with Gasteiger partial charge in [0.05, 0.1) is 12.0 Å². The molecule has 33 heavy (non-hydrogen) atoms. The van der Waals surface area contributed by atoms with Crippen LogP contribution in [0.15, 0.2) is 29.1 Å². The third-order valence-corrected chi connectivity index (χ3v) is 3.84. The van der Waals surface area contributed by atoms with Gasteiger partial charge in [0.25, 0.3) is 11.5 Å². The summed E-state index contributed by atoms with van der Waals surface area (Å²) in [4.78, 5) is 63.2. The molecule has 0 aliphatic carbocycles. The van der Waals surface area contributed by atoms with Gasteiger partial charge >= 0.3 is 65.1 Å². The average molecular weight is 477 g/mol. The number of urea groups is 1. The Morgan fingerprint density at radius 2 is 1.64 bits per heavy atom. The van der Waals surface area contributed by atoms with Crippen LogP contribution in [0.25, 0.3) is 0 Å². The van der Waals surface area contributed by atoms with Crippen LogP contribution < -0.4 is 102 Å². The molecular weight excluding hydrogens is 460 g/mol. The summed E-state index contributed by atoms with van der Waals surface area (Å²) >= 11 is 0.